The third kappa shape index (κ3) is 2.26. The number of rotatable bonds is 3. The van der Waals surface area contributed by atoms with Gasteiger partial charge in [-0.15, -0.1) is 11.3 Å². The first-order valence-electron chi connectivity index (χ1n) is 6.87. The maximum absolute atomic E-state index is 12.0. The van der Waals surface area contributed by atoms with Gasteiger partial charge in [-0.1, -0.05) is 0 Å². The Morgan fingerprint density at radius 3 is 3.29 bits per heavy atom. The fourth-order valence-corrected chi connectivity index (χ4v) is 3.61. The molecular weight excluding hydrogens is 288 g/mol. The van der Waals surface area contributed by atoms with Crippen LogP contribution >= 0.6 is 11.3 Å². The highest BCUT2D eigenvalue weighted by Crippen LogP contribution is 2.30. The van der Waals surface area contributed by atoms with Gasteiger partial charge >= 0.3 is 0 Å². The number of nitrogens with one attached hydrogen (secondary N) is 2. The van der Waals surface area contributed by atoms with Gasteiger partial charge in [0, 0.05) is 0 Å². The molecule has 0 aliphatic carbocycles. The molecule has 0 saturated carbocycles. The second-order valence-corrected chi connectivity index (χ2v) is 6.06. The molecule has 0 unspecified atom stereocenters. The van der Waals surface area contributed by atoms with E-state index in [4.69, 9.17) is 0 Å². The van der Waals surface area contributed by atoms with Crippen molar-refractivity contribution in [2.75, 3.05) is 6.54 Å². The Labute approximate surface area is 124 Å². The summed E-state index contributed by atoms with van der Waals surface area (Å²) in [4.78, 5) is 26.0. The van der Waals surface area contributed by atoms with Crippen molar-refractivity contribution < 1.29 is 0 Å². The second-order valence-electron chi connectivity index (χ2n) is 5.15. The molecule has 4 heterocycles. The highest BCUT2D eigenvalue weighted by molar-refractivity contribution is 7.17. The molecule has 2 N–H and O–H groups in total. The van der Waals surface area contributed by atoms with Crippen LogP contribution < -0.4 is 5.56 Å². The molecule has 1 atom stereocenters. The molecule has 0 amide bonds. The molecule has 0 spiro atoms. The number of aromatic amines is 2. The van der Waals surface area contributed by atoms with Crippen LogP contribution in [0.25, 0.3) is 10.2 Å². The maximum atomic E-state index is 12.0. The molecule has 4 rings (SSSR count). The summed E-state index contributed by atoms with van der Waals surface area (Å²) in [6.45, 7) is 1.59. The standard InChI is InChI=1S/C13H14N6OS/c20-13-11-8(3-5-21-11)16-10(17-13)6-19-4-1-2-9(19)12-14-7-15-18-12/h3,5,7,9H,1-2,4,6H2,(H,14,15,18)(H,16,17,20)/t9-/m0/s1. The van der Waals surface area contributed by atoms with Crippen LogP contribution in [0.3, 0.4) is 0 Å². The van der Waals surface area contributed by atoms with Crippen molar-refractivity contribution in [3.8, 4) is 0 Å². The van der Waals surface area contributed by atoms with Crippen LogP contribution in [0, 0.1) is 0 Å². The van der Waals surface area contributed by atoms with E-state index in [0.717, 1.165) is 30.7 Å². The van der Waals surface area contributed by atoms with Crippen molar-refractivity contribution in [2.45, 2.75) is 25.4 Å². The Bertz CT molecular complexity index is 808. The SMILES string of the molecule is O=c1[nH]c(CN2CCC[C@H]2c2ncn[nH]2)nc2ccsc12. The molecule has 1 aliphatic heterocycles. The fourth-order valence-electron chi connectivity index (χ4n) is 2.89. The zero-order valence-electron chi connectivity index (χ0n) is 11.2. The third-order valence-electron chi connectivity index (χ3n) is 3.83. The van der Waals surface area contributed by atoms with E-state index in [-0.39, 0.29) is 11.6 Å². The van der Waals surface area contributed by atoms with E-state index in [1.54, 1.807) is 0 Å². The summed E-state index contributed by atoms with van der Waals surface area (Å²) in [6, 6.07) is 2.10. The minimum Gasteiger partial charge on any atom is -0.308 e. The van der Waals surface area contributed by atoms with Gasteiger partial charge in [-0.3, -0.25) is 14.8 Å². The van der Waals surface area contributed by atoms with Crippen molar-refractivity contribution in [1.82, 2.24) is 30.0 Å². The van der Waals surface area contributed by atoms with Gasteiger partial charge in [0.25, 0.3) is 5.56 Å². The molecule has 7 nitrogen and oxygen atoms in total. The first-order chi connectivity index (χ1) is 10.3. The van der Waals surface area contributed by atoms with E-state index in [9.17, 15) is 4.79 Å². The summed E-state index contributed by atoms with van der Waals surface area (Å²) >= 11 is 1.42. The predicted octanol–water partition coefficient (Wildman–Crippen LogP) is 1.44. The van der Waals surface area contributed by atoms with Crippen LogP contribution in [0.1, 0.15) is 30.5 Å². The summed E-state index contributed by atoms with van der Waals surface area (Å²) < 4.78 is 0.687. The van der Waals surface area contributed by atoms with E-state index in [1.165, 1.54) is 17.7 Å². The first-order valence-corrected chi connectivity index (χ1v) is 7.75. The van der Waals surface area contributed by atoms with Crippen LogP contribution in [0.5, 0.6) is 0 Å². The molecule has 0 radical (unpaired) electrons. The normalized spacial score (nSPS) is 19.5. The minimum absolute atomic E-state index is 0.0552. The van der Waals surface area contributed by atoms with Crippen LogP contribution in [-0.4, -0.2) is 36.6 Å². The zero-order chi connectivity index (χ0) is 14.2. The van der Waals surface area contributed by atoms with Crippen molar-refractivity contribution in [3.63, 3.8) is 0 Å². The Morgan fingerprint density at radius 1 is 1.48 bits per heavy atom. The van der Waals surface area contributed by atoms with Crippen LogP contribution in [0.4, 0.5) is 0 Å². The van der Waals surface area contributed by atoms with E-state index in [0.29, 0.717) is 17.1 Å². The van der Waals surface area contributed by atoms with Gasteiger partial charge in [0.1, 0.15) is 22.7 Å². The lowest BCUT2D eigenvalue weighted by Gasteiger charge is -2.21. The Kier molecular flexibility index (Phi) is 3.04. The average molecular weight is 302 g/mol. The number of hydrogen-bond acceptors (Lipinski definition) is 6. The van der Waals surface area contributed by atoms with Gasteiger partial charge in [-0.05, 0) is 30.8 Å². The Hall–Kier alpha value is -2.06. The Balaban J connectivity index is 1.63. The van der Waals surface area contributed by atoms with E-state index in [1.807, 2.05) is 11.4 Å². The summed E-state index contributed by atoms with van der Waals surface area (Å²) in [6.07, 6.45) is 3.68. The summed E-state index contributed by atoms with van der Waals surface area (Å²) in [5.41, 5.74) is 0.717. The van der Waals surface area contributed by atoms with Gasteiger partial charge < -0.3 is 4.98 Å². The van der Waals surface area contributed by atoms with Gasteiger partial charge in [0.2, 0.25) is 0 Å². The van der Waals surface area contributed by atoms with Gasteiger partial charge in [-0.25, -0.2) is 9.97 Å². The number of nitrogens with zero attached hydrogens (tertiary/aromatic N) is 4. The highest BCUT2D eigenvalue weighted by Gasteiger charge is 2.28. The second kappa shape index (κ2) is 5.05. The predicted molar refractivity (Wildman–Crippen MR) is 79.0 cm³/mol. The number of aromatic nitrogens is 5. The molecule has 0 bridgehead atoms. The average Bonchev–Trinajstić information content (AvgIpc) is 3.19. The quantitative estimate of drug-likeness (QED) is 0.764. The number of likely N-dealkylation sites (tertiary alicyclic amines) is 1. The lowest BCUT2D eigenvalue weighted by Crippen LogP contribution is -2.26. The number of fused-ring (bicyclic) bond motifs is 1. The minimum atomic E-state index is -0.0552. The van der Waals surface area contributed by atoms with E-state index >= 15 is 0 Å². The number of thiophene rings is 1. The molecular formula is C13H14N6OS. The summed E-state index contributed by atoms with van der Waals surface area (Å²) in [5, 5.41) is 8.75. The highest BCUT2D eigenvalue weighted by atomic mass is 32.1. The van der Waals surface area contributed by atoms with Gasteiger partial charge in [0.15, 0.2) is 0 Å². The molecule has 21 heavy (non-hydrogen) atoms. The Morgan fingerprint density at radius 2 is 2.43 bits per heavy atom. The monoisotopic (exact) mass is 302 g/mol. The fraction of sp³-hybridized carbons (Fsp3) is 0.385. The third-order valence-corrected chi connectivity index (χ3v) is 4.73. The maximum Gasteiger partial charge on any atom is 0.268 e. The van der Waals surface area contributed by atoms with Gasteiger partial charge in [-0.2, -0.15) is 5.10 Å². The van der Waals surface area contributed by atoms with Crippen molar-refractivity contribution >= 4 is 21.6 Å². The molecule has 3 aromatic heterocycles. The molecule has 1 fully saturated rings. The van der Waals surface area contributed by atoms with Crippen LogP contribution in [0.2, 0.25) is 0 Å². The molecule has 3 aromatic rings. The number of H-pyrrole nitrogens is 2. The largest absolute Gasteiger partial charge is 0.308 e. The lowest BCUT2D eigenvalue weighted by molar-refractivity contribution is 0.234. The molecule has 108 valence electrons. The first kappa shape index (κ1) is 12.7. The van der Waals surface area contributed by atoms with E-state index < -0.39 is 0 Å². The zero-order valence-corrected chi connectivity index (χ0v) is 12.1. The van der Waals surface area contributed by atoms with Crippen molar-refractivity contribution in [3.05, 3.63) is 39.8 Å². The molecule has 8 heteroatoms. The smallest absolute Gasteiger partial charge is 0.268 e. The van der Waals surface area contributed by atoms with E-state index in [2.05, 4.69) is 30.0 Å². The number of hydrogen-bond donors (Lipinski definition) is 2. The summed E-state index contributed by atoms with van der Waals surface area (Å²) in [7, 11) is 0. The lowest BCUT2D eigenvalue weighted by atomic mass is 10.2. The summed E-state index contributed by atoms with van der Waals surface area (Å²) in [5.74, 6) is 1.59. The van der Waals surface area contributed by atoms with Crippen LogP contribution in [-0.2, 0) is 6.54 Å². The molecule has 1 saturated heterocycles. The topological polar surface area (TPSA) is 90.6 Å². The molecule has 1 aliphatic rings. The van der Waals surface area contributed by atoms with Gasteiger partial charge in [0.05, 0.1) is 18.1 Å². The molecule has 0 aromatic carbocycles. The van der Waals surface area contributed by atoms with Crippen molar-refractivity contribution in [2.24, 2.45) is 0 Å². The van der Waals surface area contributed by atoms with Crippen LogP contribution in [0.15, 0.2) is 22.6 Å². The van der Waals surface area contributed by atoms with Crippen molar-refractivity contribution in [1.29, 1.82) is 0 Å².